The minimum Gasteiger partial charge on any atom is -0.247 e. The average molecular weight is 303 g/mol. The van der Waals surface area contributed by atoms with E-state index in [1.165, 1.54) is 4.08 Å². The summed E-state index contributed by atoms with van der Waals surface area (Å²) in [6.07, 6.45) is -4.28. The Morgan fingerprint density at radius 2 is 2.00 bits per heavy atom. The van der Waals surface area contributed by atoms with Gasteiger partial charge in [0, 0.05) is 9.79 Å². The van der Waals surface area contributed by atoms with E-state index in [9.17, 15) is 13.2 Å². The molecule has 0 unspecified atom stereocenters. The summed E-state index contributed by atoms with van der Waals surface area (Å²) in [5.74, 6) is 0.0748. The SMILES string of the molecule is CC(C)C1=NC(C(F)(F)F)=CI=C1. The van der Waals surface area contributed by atoms with Crippen molar-refractivity contribution in [3.05, 3.63) is 9.78 Å². The van der Waals surface area contributed by atoms with E-state index in [1.54, 1.807) is 0 Å². The van der Waals surface area contributed by atoms with E-state index in [0.717, 1.165) is 0 Å². The number of nitrogens with zero attached hydrogens (tertiary/aromatic N) is 1. The first-order valence-corrected chi connectivity index (χ1v) is 6.21. The molecule has 0 N–H and O–H groups in total. The fraction of sp³-hybridized carbons (Fsp3) is 0.500. The summed E-state index contributed by atoms with van der Waals surface area (Å²) >= 11 is -0.603. The van der Waals surface area contributed by atoms with Crippen molar-refractivity contribution in [3.63, 3.8) is 0 Å². The third-order valence-electron chi connectivity index (χ3n) is 1.47. The number of hydrogen-bond donors (Lipinski definition) is 0. The standard InChI is InChI=1S/C8H9F3IN/c1-5(2)6-3-12-4-7(13-6)8(9,10)11/h3-5H,1-2H3. The predicted molar refractivity (Wildman–Crippen MR) is 56.5 cm³/mol. The van der Waals surface area contributed by atoms with Crippen LogP contribution < -0.4 is 0 Å². The Hall–Kier alpha value is -0.200. The van der Waals surface area contributed by atoms with Crippen LogP contribution in [0.4, 0.5) is 13.2 Å². The van der Waals surface area contributed by atoms with Gasteiger partial charge in [-0.05, 0) is 9.93 Å². The molecule has 0 saturated heterocycles. The molecular weight excluding hydrogens is 294 g/mol. The van der Waals surface area contributed by atoms with E-state index >= 15 is 0 Å². The Morgan fingerprint density at radius 3 is 2.46 bits per heavy atom. The summed E-state index contributed by atoms with van der Waals surface area (Å²) in [6, 6.07) is 0. The van der Waals surface area contributed by atoms with Crippen LogP contribution in [0.5, 0.6) is 0 Å². The molecule has 1 aliphatic rings. The highest BCUT2D eigenvalue weighted by Crippen LogP contribution is 2.30. The summed E-state index contributed by atoms with van der Waals surface area (Å²) < 4.78 is 39.7. The highest BCUT2D eigenvalue weighted by atomic mass is 127. The second-order valence-corrected chi connectivity index (χ2v) is 4.88. The Kier molecular flexibility index (Phi) is 3.26. The zero-order valence-electron chi connectivity index (χ0n) is 7.19. The van der Waals surface area contributed by atoms with Gasteiger partial charge < -0.3 is 0 Å². The topological polar surface area (TPSA) is 12.4 Å². The Morgan fingerprint density at radius 1 is 1.38 bits per heavy atom. The van der Waals surface area contributed by atoms with Gasteiger partial charge in [0.2, 0.25) is 0 Å². The van der Waals surface area contributed by atoms with Crippen molar-refractivity contribution in [2.24, 2.45) is 10.9 Å². The van der Waals surface area contributed by atoms with Crippen molar-refractivity contribution < 1.29 is 13.2 Å². The first-order chi connectivity index (χ1) is 5.91. The van der Waals surface area contributed by atoms with Crippen molar-refractivity contribution in [1.29, 1.82) is 0 Å². The van der Waals surface area contributed by atoms with Gasteiger partial charge in [-0.3, -0.25) is 0 Å². The highest BCUT2D eigenvalue weighted by Gasteiger charge is 2.34. The Bertz CT molecular complexity index is 286. The molecule has 0 aromatic heterocycles. The number of rotatable bonds is 1. The van der Waals surface area contributed by atoms with Crippen LogP contribution in [0.1, 0.15) is 13.8 Å². The largest absolute Gasteiger partial charge is 0.433 e. The van der Waals surface area contributed by atoms with Gasteiger partial charge in [0.25, 0.3) is 0 Å². The van der Waals surface area contributed by atoms with Crippen LogP contribution in [-0.2, 0) is 0 Å². The van der Waals surface area contributed by atoms with Crippen LogP contribution in [-0.4, -0.2) is 15.9 Å². The molecule has 5 heteroatoms. The second kappa shape index (κ2) is 3.89. The summed E-state index contributed by atoms with van der Waals surface area (Å²) in [4.78, 5) is 3.58. The maximum atomic E-state index is 12.2. The number of halogens is 4. The number of allylic oxidation sites excluding steroid dienone is 1. The molecule has 0 aliphatic carbocycles. The molecule has 1 heterocycles. The van der Waals surface area contributed by atoms with Crippen LogP contribution >= 0.6 is 20.7 Å². The summed E-state index contributed by atoms with van der Waals surface area (Å²) in [5.41, 5.74) is -0.144. The molecule has 13 heavy (non-hydrogen) atoms. The van der Waals surface area contributed by atoms with E-state index in [4.69, 9.17) is 0 Å². The molecule has 0 fully saturated rings. The lowest BCUT2D eigenvalue weighted by Crippen LogP contribution is -2.16. The molecule has 0 saturated carbocycles. The van der Waals surface area contributed by atoms with E-state index in [2.05, 4.69) is 4.99 Å². The smallest absolute Gasteiger partial charge is 0.247 e. The van der Waals surface area contributed by atoms with Crippen molar-refractivity contribution in [2.75, 3.05) is 0 Å². The second-order valence-electron chi connectivity index (χ2n) is 2.92. The Labute approximate surface area is 84.5 Å². The van der Waals surface area contributed by atoms with Gasteiger partial charge in [-0.2, -0.15) is 13.2 Å². The Balaban J connectivity index is 2.94. The first-order valence-electron chi connectivity index (χ1n) is 3.72. The summed E-state index contributed by atoms with van der Waals surface area (Å²) in [7, 11) is 0. The van der Waals surface area contributed by atoms with Crippen molar-refractivity contribution >= 4 is 30.5 Å². The molecule has 0 radical (unpaired) electrons. The van der Waals surface area contributed by atoms with Crippen molar-refractivity contribution in [1.82, 2.24) is 0 Å². The van der Waals surface area contributed by atoms with Gasteiger partial charge in [-0.25, -0.2) is 4.99 Å². The number of aliphatic imine (C=N–C) groups is 1. The lowest BCUT2D eigenvalue weighted by atomic mass is 10.1. The molecule has 1 nitrogen and oxygen atoms in total. The normalized spacial score (nSPS) is 18.0. The fourth-order valence-corrected chi connectivity index (χ4v) is 2.96. The van der Waals surface area contributed by atoms with Crippen molar-refractivity contribution in [2.45, 2.75) is 20.0 Å². The minimum atomic E-state index is -4.28. The van der Waals surface area contributed by atoms with E-state index in [0.29, 0.717) is 5.71 Å². The maximum Gasteiger partial charge on any atom is 0.433 e. The van der Waals surface area contributed by atoms with Crippen LogP contribution in [0.3, 0.4) is 0 Å². The summed E-state index contributed by atoms with van der Waals surface area (Å²) in [6.45, 7) is 3.69. The molecule has 1 rings (SSSR count). The van der Waals surface area contributed by atoms with Gasteiger partial charge in [-0.15, -0.1) is 0 Å². The third kappa shape index (κ3) is 2.89. The van der Waals surface area contributed by atoms with Crippen LogP contribution in [0.25, 0.3) is 0 Å². The molecule has 0 amide bonds. The summed E-state index contributed by atoms with van der Waals surface area (Å²) in [5, 5.41) is 0. The van der Waals surface area contributed by atoms with Crippen molar-refractivity contribution in [3.8, 4) is 0 Å². The first kappa shape index (κ1) is 10.9. The lowest BCUT2D eigenvalue weighted by Gasteiger charge is -2.12. The maximum absolute atomic E-state index is 12.2. The van der Waals surface area contributed by atoms with E-state index < -0.39 is 32.6 Å². The quantitative estimate of drug-likeness (QED) is 0.659. The fourth-order valence-electron chi connectivity index (χ4n) is 0.724. The molecule has 74 valence electrons. The molecule has 1 aliphatic heterocycles. The van der Waals surface area contributed by atoms with Gasteiger partial charge in [-0.1, -0.05) is 34.6 Å². The van der Waals surface area contributed by atoms with E-state index in [1.807, 2.05) is 17.9 Å². The predicted octanol–water partition coefficient (Wildman–Crippen LogP) is 3.27. The monoisotopic (exact) mass is 303 g/mol. The highest BCUT2D eigenvalue weighted by molar-refractivity contribution is 14.2. The molecular formula is C8H9F3IN. The average Bonchev–Trinajstić information content (AvgIpc) is 2.03. The number of alkyl halides is 3. The molecule has 0 bridgehead atoms. The molecule has 0 atom stereocenters. The lowest BCUT2D eigenvalue weighted by molar-refractivity contribution is -0.0920. The van der Waals surface area contributed by atoms with Crippen LogP contribution in [0, 0.1) is 5.92 Å². The van der Waals surface area contributed by atoms with Crippen LogP contribution in [0.15, 0.2) is 14.8 Å². The van der Waals surface area contributed by atoms with Crippen LogP contribution in [0.2, 0.25) is 0 Å². The van der Waals surface area contributed by atoms with Gasteiger partial charge in [0.05, 0.1) is 0 Å². The molecule has 0 spiro atoms. The van der Waals surface area contributed by atoms with E-state index in [-0.39, 0.29) is 5.92 Å². The van der Waals surface area contributed by atoms with Gasteiger partial charge in [0.1, 0.15) is 5.70 Å². The van der Waals surface area contributed by atoms with Gasteiger partial charge >= 0.3 is 6.18 Å². The zero-order chi connectivity index (χ0) is 10.1. The molecule has 0 aromatic carbocycles. The zero-order valence-corrected chi connectivity index (χ0v) is 9.35. The number of hydrogen-bond acceptors (Lipinski definition) is 1. The third-order valence-corrected chi connectivity index (χ3v) is 3.42. The molecule has 0 aromatic rings. The minimum absolute atomic E-state index is 0.0748. The van der Waals surface area contributed by atoms with Gasteiger partial charge in [0.15, 0.2) is 0 Å².